The highest BCUT2D eigenvalue weighted by atomic mass is 16.6. The first-order valence-corrected chi connectivity index (χ1v) is 17.1. The molecule has 0 aromatic carbocycles. The predicted octanol–water partition coefficient (Wildman–Crippen LogP) is 6.55. The average Bonchev–Trinajstić information content (AvgIpc) is 3.26. The Bertz CT molecular complexity index is 899. The third kappa shape index (κ3) is 7.17. The normalized spacial score (nSPS) is 35.7. The highest BCUT2D eigenvalue weighted by Crippen LogP contribution is 2.67. The van der Waals surface area contributed by atoms with E-state index in [1.807, 2.05) is 7.05 Å². The molecule has 6 heteroatoms. The Labute approximate surface area is 251 Å². The van der Waals surface area contributed by atoms with E-state index in [0.717, 1.165) is 54.8 Å². The van der Waals surface area contributed by atoms with Gasteiger partial charge < -0.3 is 24.7 Å². The largest absolute Gasteiger partial charge is 0.446 e. The summed E-state index contributed by atoms with van der Waals surface area (Å²) in [5.41, 5.74) is 2.33. The molecule has 0 aliphatic heterocycles. The van der Waals surface area contributed by atoms with Gasteiger partial charge >= 0.3 is 6.09 Å². The minimum atomic E-state index is -0.333. The zero-order valence-corrected chi connectivity index (χ0v) is 27.3. The molecule has 0 aromatic rings. The molecule has 4 aliphatic rings. The molecule has 4 aliphatic carbocycles. The van der Waals surface area contributed by atoms with Gasteiger partial charge in [0.05, 0.1) is 33.4 Å². The molecule has 0 saturated heterocycles. The van der Waals surface area contributed by atoms with Crippen LogP contribution in [0, 0.1) is 46.3 Å². The Hall–Kier alpha value is -1.11. The van der Waals surface area contributed by atoms with Crippen LogP contribution in [0.25, 0.3) is 0 Å². The molecule has 6 nitrogen and oxygen atoms in total. The number of aliphatic hydroxyl groups is 2. The number of fused-ring (bicyclic) bond motifs is 5. The van der Waals surface area contributed by atoms with E-state index in [-0.39, 0.29) is 30.8 Å². The summed E-state index contributed by atoms with van der Waals surface area (Å²) in [5.74, 6) is 5.03. The fourth-order valence-corrected chi connectivity index (χ4v) is 10.2. The van der Waals surface area contributed by atoms with Gasteiger partial charge in [-0.2, -0.15) is 0 Å². The zero-order valence-electron chi connectivity index (χ0n) is 27.3. The molecule has 0 heterocycles. The number of carbonyl (C=O) groups is 1. The molecular formula is C35H63N2O4+. The molecule has 3 saturated carbocycles. The second-order valence-electron chi connectivity index (χ2n) is 15.7. The Morgan fingerprint density at radius 3 is 2.44 bits per heavy atom. The Morgan fingerprint density at radius 1 is 1.02 bits per heavy atom. The smallest absolute Gasteiger partial charge is 0.407 e. The fraction of sp³-hybridized carbons (Fsp3) is 0.914. The molecule has 3 N–H and O–H groups in total. The van der Waals surface area contributed by atoms with Crippen LogP contribution in [0.15, 0.2) is 11.6 Å². The average molecular weight is 576 g/mol. The summed E-state index contributed by atoms with van der Waals surface area (Å²) >= 11 is 0. The van der Waals surface area contributed by atoms with Gasteiger partial charge in [-0.1, -0.05) is 65.5 Å². The minimum absolute atomic E-state index is 0.0435. The van der Waals surface area contributed by atoms with Gasteiger partial charge in [-0.05, 0) is 91.3 Å². The molecule has 8 atom stereocenters. The lowest BCUT2D eigenvalue weighted by atomic mass is 9.47. The second kappa shape index (κ2) is 13.7. The fourth-order valence-electron chi connectivity index (χ4n) is 10.2. The Morgan fingerprint density at radius 2 is 1.76 bits per heavy atom. The van der Waals surface area contributed by atoms with Crippen molar-refractivity contribution in [1.82, 2.24) is 5.32 Å². The number of alkyl carbamates (subject to hydrolysis) is 1. The Balaban J connectivity index is 1.32. The second-order valence-corrected chi connectivity index (χ2v) is 15.7. The molecule has 0 spiro atoms. The van der Waals surface area contributed by atoms with Crippen LogP contribution in [-0.2, 0) is 4.74 Å². The number of quaternary nitrogens is 1. The number of allylic oxidation sites excluding steroid dienone is 1. The van der Waals surface area contributed by atoms with Crippen molar-refractivity contribution in [3.05, 3.63) is 11.6 Å². The Kier molecular flexibility index (Phi) is 10.9. The maximum absolute atomic E-state index is 12.7. The molecule has 0 bridgehead atoms. The first kappa shape index (κ1) is 32.8. The van der Waals surface area contributed by atoms with Crippen molar-refractivity contribution in [3.63, 3.8) is 0 Å². The number of nitrogens with one attached hydrogen (secondary N) is 1. The van der Waals surface area contributed by atoms with Crippen LogP contribution in [-0.4, -0.2) is 73.3 Å². The minimum Gasteiger partial charge on any atom is -0.446 e. The lowest BCUT2D eigenvalue weighted by Crippen LogP contribution is -2.52. The maximum Gasteiger partial charge on any atom is 0.407 e. The SMILES string of the molecule is CC(C)CCCC(C)[C@H]1CCC2C3CC=C4C[C@@H](OC(=O)NCC[N+](C)(CCO)CCO)CC[C@]4(C)C3CC[C@@]21C. The van der Waals surface area contributed by atoms with E-state index >= 15 is 0 Å². The summed E-state index contributed by atoms with van der Waals surface area (Å²) < 4.78 is 6.46. The summed E-state index contributed by atoms with van der Waals surface area (Å²) in [4.78, 5) is 12.7. The zero-order chi connectivity index (χ0) is 29.8. The van der Waals surface area contributed by atoms with Crippen LogP contribution in [0.2, 0.25) is 0 Å². The molecule has 41 heavy (non-hydrogen) atoms. The van der Waals surface area contributed by atoms with E-state index in [0.29, 0.717) is 36.1 Å². The van der Waals surface area contributed by atoms with Gasteiger partial charge in [-0.25, -0.2) is 4.79 Å². The van der Waals surface area contributed by atoms with Crippen molar-refractivity contribution in [2.75, 3.05) is 46.4 Å². The standard InChI is InChI=1S/C35H62N2O4/c1-25(2)8-7-9-26(3)30-12-13-31-29-11-10-27-24-28(14-16-34(27,4)32(29)15-17-35(30,31)5)41-33(40)36-18-19-37(6,20-22-38)21-23-39/h10,25-26,28-32,38-39H,7-9,11-24H2,1-6H3/p+1/t26?,28-,29?,30+,31?,32?,34-,35+/m0/s1. The highest BCUT2D eigenvalue weighted by molar-refractivity contribution is 5.67. The van der Waals surface area contributed by atoms with Gasteiger partial charge in [0.1, 0.15) is 19.2 Å². The summed E-state index contributed by atoms with van der Waals surface area (Å²) in [6.45, 7) is 14.9. The van der Waals surface area contributed by atoms with E-state index in [1.54, 1.807) is 5.57 Å². The number of nitrogens with zero attached hydrogens (tertiary/aromatic N) is 1. The number of hydrogen-bond donors (Lipinski definition) is 3. The number of carbonyl (C=O) groups excluding carboxylic acids is 1. The summed E-state index contributed by atoms with van der Waals surface area (Å²) in [7, 11) is 2.00. The van der Waals surface area contributed by atoms with E-state index in [9.17, 15) is 15.0 Å². The van der Waals surface area contributed by atoms with Crippen molar-refractivity contribution < 1.29 is 24.2 Å². The number of rotatable bonds is 13. The lowest BCUT2D eigenvalue weighted by molar-refractivity contribution is -0.908. The van der Waals surface area contributed by atoms with Crippen LogP contribution < -0.4 is 5.32 Å². The number of ether oxygens (including phenoxy) is 1. The van der Waals surface area contributed by atoms with Crippen LogP contribution in [0.1, 0.15) is 105 Å². The molecule has 4 unspecified atom stereocenters. The van der Waals surface area contributed by atoms with E-state index < -0.39 is 0 Å². The van der Waals surface area contributed by atoms with Crippen molar-refractivity contribution in [2.45, 2.75) is 111 Å². The first-order valence-electron chi connectivity index (χ1n) is 17.1. The predicted molar refractivity (Wildman–Crippen MR) is 166 cm³/mol. The van der Waals surface area contributed by atoms with Gasteiger partial charge in [-0.3, -0.25) is 0 Å². The molecular weight excluding hydrogens is 512 g/mol. The first-order chi connectivity index (χ1) is 19.5. The van der Waals surface area contributed by atoms with E-state index in [2.05, 4.69) is 46.0 Å². The number of amides is 1. The van der Waals surface area contributed by atoms with Gasteiger partial charge in [-0.15, -0.1) is 0 Å². The third-order valence-corrected chi connectivity index (χ3v) is 12.7. The molecule has 3 fully saturated rings. The quantitative estimate of drug-likeness (QED) is 0.172. The summed E-state index contributed by atoms with van der Waals surface area (Å²) in [6.07, 6.45) is 16.2. The summed E-state index contributed by atoms with van der Waals surface area (Å²) in [6, 6.07) is 0. The molecule has 1 amide bonds. The maximum atomic E-state index is 12.7. The third-order valence-electron chi connectivity index (χ3n) is 12.7. The summed E-state index contributed by atoms with van der Waals surface area (Å²) in [5, 5.41) is 21.7. The number of likely N-dealkylation sites (N-methyl/N-ethyl adjacent to an activating group) is 1. The van der Waals surface area contributed by atoms with E-state index in [1.165, 1.54) is 51.4 Å². The van der Waals surface area contributed by atoms with E-state index in [4.69, 9.17) is 4.74 Å². The van der Waals surface area contributed by atoms with Gasteiger partial charge in [0, 0.05) is 6.42 Å². The molecule has 0 aromatic heterocycles. The van der Waals surface area contributed by atoms with Crippen LogP contribution in [0.5, 0.6) is 0 Å². The topological polar surface area (TPSA) is 78.8 Å². The van der Waals surface area contributed by atoms with Crippen molar-refractivity contribution in [2.24, 2.45) is 46.3 Å². The molecule has 4 rings (SSSR count). The van der Waals surface area contributed by atoms with Crippen molar-refractivity contribution in [1.29, 1.82) is 0 Å². The van der Waals surface area contributed by atoms with Gasteiger partial charge in [0.15, 0.2) is 0 Å². The van der Waals surface area contributed by atoms with Crippen molar-refractivity contribution in [3.8, 4) is 0 Å². The molecule has 236 valence electrons. The van der Waals surface area contributed by atoms with Crippen molar-refractivity contribution >= 4 is 6.09 Å². The highest BCUT2D eigenvalue weighted by Gasteiger charge is 2.59. The van der Waals surface area contributed by atoms with Gasteiger partial charge in [0.2, 0.25) is 0 Å². The van der Waals surface area contributed by atoms with Crippen LogP contribution in [0.4, 0.5) is 4.79 Å². The lowest BCUT2D eigenvalue weighted by Gasteiger charge is -2.58. The van der Waals surface area contributed by atoms with Gasteiger partial charge in [0.25, 0.3) is 0 Å². The van der Waals surface area contributed by atoms with Crippen LogP contribution >= 0.6 is 0 Å². The monoisotopic (exact) mass is 575 g/mol. The number of hydrogen-bond acceptors (Lipinski definition) is 4. The molecule has 0 radical (unpaired) electrons. The van der Waals surface area contributed by atoms with Crippen LogP contribution in [0.3, 0.4) is 0 Å². The number of aliphatic hydroxyl groups excluding tert-OH is 2.